The summed E-state index contributed by atoms with van der Waals surface area (Å²) in [6.45, 7) is 0.174. The fourth-order valence-corrected chi connectivity index (χ4v) is 3.44. The molecule has 1 aromatic heterocycles. The average Bonchev–Trinajstić information content (AvgIpc) is 3.14. The molecule has 2 atom stereocenters. The maximum Gasteiger partial charge on any atom is 0.195 e. The molecule has 4 rings (SSSR count). The predicted octanol–water partition coefficient (Wildman–Crippen LogP) is 4.54. The lowest BCUT2D eigenvalue weighted by molar-refractivity contribution is 0.255. The van der Waals surface area contributed by atoms with Gasteiger partial charge in [0, 0.05) is 22.2 Å². The second-order valence-electron chi connectivity index (χ2n) is 5.78. The number of epoxide rings is 1. The van der Waals surface area contributed by atoms with Crippen LogP contribution in [0.3, 0.4) is 0 Å². The normalized spacial score (nSPS) is 22.1. The van der Waals surface area contributed by atoms with E-state index in [9.17, 15) is 8.78 Å². The highest BCUT2D eigenvalue weighted by Gasteiger charge is 2.60. The van der Waals surface area contributed by atoms with Crippen molar-refractivity contribution in [3.05, 3.63) is 81.3 Å². The third-order valence-corrected chi connectivity index (χ3v) is 4.95. The monoisotopic (exact) mass is 379 g/mol. The molecule has 2 aromatic carbocycles. The van der Waals surface area contributed by atoms with E-state index in [-0.39, 0.29) is 12.1 Å². The van der Waals surface area contributed by atoms with Crippen LogP contribution in [0.4, 0.5) is 8.78 Å². The fourth-order valence-electron chi connectivity index (χ4n) is 3.04. The summed E-state index contributed by atoms with van der Waals surface area (Å²) in [7, 11) is 0. The number of nitrogens with zero attached hydrogens (tertiary/aromatic N) is 2. The first-order valence-corrected chi connectivity index (χ1v) is 8.28. The van der Waals surface area contributed by atoms with Crippen LogP contribution >= 0.6 is 23.8 Å². The standard InChI is InChI=1S/C17H12ClF2N3OS/c18-13-4-2-1-3-11(13)15-17(24-15,8-23-16(25)21-9-22-23)12-6-5-10(19)7-14(12)20/h1-7,9,15H,8H2,(H,21,22,25)/t15-,17-/m1/s1. The molecule has 1 N–H and O–H groups in total. The van der Waals surface area contributed by atoms with Crippen LogP contribution in [0.1, 0.15) is 17.2 Å². The van der Waals surface area contributed by atoms with Crippen molar-refractivity contribution < 1.29 is 13.5 Å². The number of aromatic amines is 1. The van der Waals surface area contributed by atoms with Crippen LogP contribution in [0.25, 0.3) is 0 Å². The van der Waals surface area contributed by atoms with Crippen LogP contribution in [-0.4, -0.2) is 14.8 Å². The Balaban J connectivity index is 1.82. The van der Waals surface area contributed by atoms with Gasteiger partial charge < -0.3 is 9.72 Å². The Morgan fingerprint density at radius 1 is 1.28 bits per heavy atom. The lowest BCUT2D eigenvalue weighted by Crippen LogP contribution is -2.21. The molecule has 0 unspecified atom stereocenters. The van der Waals surface area contributed by atoms with Crippen LogP contribution in [0.15, 0.2) is 48.8 Å². The summed E-state index contributed by atoms with van der Waals surface area (Å²) in [6.07, 6.45) is 0.962. The van der Waals surface area contributed by atoms with Crippen LogP contribution in [0, 0.1) is 16.4 Å². The maximum absolute atomic E-state index is 14.5. The van der Waals surface area contributed by atoms with Gasteiger partial charge in [0.05, 0.1) is 6.54 Å². The minimum absolute atomic E-state index is 0.174. The molecule has 0 aliphatic carbocycles. The van der Waals surface area contributed by atoms with Gasteiger partial charge >= 0.3 is 0 Å². The van der Waals surface area contributed by atoms with Gasteiger partial charge in [-0.2, -0.15) is 5.10 Å². The molecule has 0 bridgehead atoms. The highest BCUT2D eigenvalue weighted by Crippen LogP contribution is 2.59. The van der Waals surface area contributed by atoms with Gasteiger partial charge in [-0.3, -0.25) is 0 Å². The van der Waals surface area contributed by atoms with E-state index in [0.29, 0.717) is 9.79 Å². The molecule has 0 radical (unpaired) electrons. The Labute approximate surface area is 152 Å². The van der Waals surface area contributed by atoms with E-state index in [1.165, 1.54) is 23.1 Å². The molecule has 1 aliphatic heterocycles. The molecule has 3 aromatic rings. The zero-order valence-corrected chi connectivity index (χ0v) is 14.3. The molecule has 4 nitrogen and oxygen atoms in total. The van der Waals surface area contributed by atoms with Gasteiger partial charge in [0.1, 0.15) is 29.7 Å². The van der Waals surface area contributed by atoms with E-state index in [0.717, 1.165) is 11.6 Å². The van der Waals surface area contributed by atoms with Crippen LogP contribution in [0.5, 0.6) is 0 Å². The number of hydrogen-bond donors (Lipinski definition) is 1. The Morgan fingerprint density at radius 3 is 2.76 bits per heavy atom. The number of nitrogens with one attached hydrogen (secondary N) is 1. The van der Waals surface area contributed by atoms with Crippen molar-refractivity contribution in [2.45, 2.75) is 18.2 Å². The SMILES string of the molecule is Fc1ccc([C@@]2(Cn3nc[nH]c3=S)O[C@@H]2c2ccccc2Cl)c(F)c1. The number of halogens is 3. The van der Waals surface area contributed by atoms with Crippen LogP contribution in [-0.2, 0) is 16.9 Å². The third kappa shape index (κ3) is 2.78. The molecule has 8 heteroatoms. The third-order valence-electron chi connectivity index (χ3n) is 4.27. The van der Waals surface area contributed by atoms with Crippen molar-refractivity contribution in [3.63, 3.8) is 0 Å². The van der Waals surface area contributed by atoms with E-state index >= 15 is 0 Å². The summed E-state index contributed by atoms with van der Waals surface area (Å²) in [6, 6.07) is 10.6. The second-order valence-corrected chi connectivity index (χ2v) is 6.58. The number of ether oxygens (including phenoxy) is 1. The zero-order valence-electron chi connectivity index (χ0n) is 12.7. The minimum Gasteiger partial charge on any atom is -0.354 e. The van der Waals surface area contributed by atoms with Gasteiger partial charge in [-0.1, -0.05) is 35.9 Å². The predicted molar refractivity (Wildman–Crippen MR) is 90.7 cm³/mol. The Bertz CT molecular complexity index is 1010. The van der Waals surface area contributed by atoms with E-state index in [2.05, 4.69) is 10.1 Å². The summed E-state index contributed by atoms with van der Waals surface area (Å²) in [5.41, 5.74) is -0.0883. The zero-order chi connectivity index (χ0) is 17.6. The smallest absolute Gasteiger partial charge is 0.195 e. The number of hydrogen-bond acceptors (Lipinski definition) is 3. The van der Waals surface area contributed by atoms with Gasteiger partial charge in [0.25, 0.3) is 0 Å². The molecule has 0 spiro atoms. The summed E-state index contributed by atoms with van der Waals surface area (Å²) in [5.74, 6) is -1.33. The van der Waals surface area contributed by atoms with Crippen molar-refractivity contribution in [2.75, 3.05) is 0 Å². The second kappa shape index (κ2) is 6.01. The minimum atomic E-state index is -1.06. The fraction of sp³-hybridized carbons (Fsp3) is 0.176. The molecular weight excluding hydrogens is 368 g/mol. The summed E-state index contributed by atoms with van der Waals surface area (Å²) in [4.78, 5) is 2.79. The largest absolute Gasteiger partial charge is 0.354 e. The molecule has 0 saturated carbocycles. The summed E-state index contributed by atoms with van der Waals surface area (Å²) >= 11 is 11.4. The average molecular weight is 380 g/mol. The highest BCUT2D eigenvalue weighted by atomic mass is 35.5. The van der Waals surface area contributed by atoms with E-state index in [4.69, 9.17) is 28.6 Å². The lowest BCUT2D eigenvalue weighted by Gasteiger charge is -2.15. The van der Waals surface area contributed by atoms with Crippen LogP contribution < -0.4 is 0 Å². The molecule has 25 heavy (non-hydrogen) atoms. The van der Waals surface area contributed by atoms with Gasteiger partial charge in [-0.15, -0.1) is 0 Å². The summed E-state index contributed by atoms with van der Waals surface area (Å²) < 4.78 is 35.7. The molecule has 128 valence electrons. The van der Waals surface area contributed by atoms with E-state index in [1.807, 2.05) is 12.1 Å². The molecule has 1 aliphatic rings. The van der Waals surface area contributed by atoms with Crippen molar-refractivity contribution >= 4 is 23.8 Å². The van der Waals surface area contributed by atoms with E-state index in [1.54, 1.807) is 12.1 Å². The first-order valence-electron chi connectivity index (χ1n) is 7.49. The van der Waals surface area contributed by atoms with Gasteiger partial charge in [0.2, 0.25) is 0 Å². The number of H-pyrrole nitrogens is 1. The van der Waals surface area contributed by atoms with Gasteiger partial charge in [-0.25, -0.2) is 13.5 Å². The van der Waals surface area contributed by atoms with Crippen molar-refractivity contribution in [1.29, 1.82) is 0 Å². The highest BCUT2D eigenvalue weighted by molar-refractivity contribution is 7.71. The number of benzene rings is 2. The topological polar surface area (TPSA) is 46.1 Å². The van der Waals surface area contributed by atoms with Gasteiger partial charge in [0.15, 0.2) is 4.77 Å². The molecule has 1 saturated heterocycles. The number of aromatic nitrogens is 3. The first-order chi connectivity index (χ1) is 12.0. The number of rotatable bonds is 4. The molecule has 0 amide bonds. The van der Waals surface area contributed by atoms with Crippen molar-refractivity contribution in [1.82, 2.24) is 14.8 Å². The molecule has 2 heterocycles. The Hall–Kier alpha value is -2.09. The van der Waals surface area contributed by atoms with Crippen LogP contribution in [0.2, 0.25) is 5.02 Å². The molecule has 1 fully saturated rings. The van der Waals surface area contributed by atoms with Crippen molar-refractivity contribution in [3.8, 4) is 0 Å². The van der Waals surface area contributed by atoms with Crippen molar-refractivity contribution in [2.24, 2.45) is 0 Å². The summed E-state index contributed by atoms with van der Waals surface area (Å²) in [5, 5.41) is 4.63. The Morgan fingerprint density at radius 2 is 2.08 bits per heavy atom. The first kappa shape index (κ1) is 16.4. The molecular formula is C17H12ClF2N3OS. The van der Waals surface area contributed by atoms with Gasteiger partial charge in [-0.05, 0) is 24.4 Å². The Kier molecular flexibility index (Phi) is 3.94. The quantitative estimate of drug-likeness (QED) is 0.534. The maximum atomic E-state index is 14.5. The van der Waals surface area contributed by atoms with E-state index < -0.39 is 23.3 Å². The lowest BCUT2D eigenvalue weighted by atomic mass is 9.91.